The van der Waals surface area contributed by atoms with Crippen molar-refractivity contribution in [3.63, 3.8) is 0 Å². The maximum Gasteiger partial charge on any atom is 0.311 e. The van der Waals surface area contributed by atoms with E-state index in [2.05, 4.69) is 45.6 Å². The van der Waals surface area contributed by atoms with Crippen molar-refractivity contribution >= 4 is 28.5 Å². The second kappa shape index (κ2) is 8.69. The van der Waals surface area contributed by atoms with E-state index in [0.717, 1.165) is 47.4 Å². The number of carbonyl (C=O) groups excluding carboxylic acids is 1. The lowest BCUT2D eigenvalue weighted by molar-refractivity contribution is -0.139. The summed E-state index contributed by atoms with van der Waals surface area (Å²) in [6.07, 6.45) is 2.07. The van der Waals surface area contributed by atoms with Crippen molar-refractivity contribution in [3.8, 4) is 0 Å². The van der Waals surface area contributed by atoms with Crippen molar-refractivity contribution in [2.75, 3.05) is 18.0 Å². The smallest absolute Gasteiger partial charge is 0.311 e. The zero-order chi connectivity index (χ0) is 23.9. The average molecular weight is 447 g/mol. The summed E-state index contributed by atoms with van der Waals surface area (Å²) in [7, 11) is 0. The molecule has 0 saturated carbocycles. The van der Waals surface area contributed by atoms with Crippen molar-refractivity contribution in [2.45, 2.75) is 65.2 Å². The highest BCUT2D eigenvalue weighted by molar-refractivity contribution is 6.06. The highest BCUT2D eigenvalue weighted by Gasteiger charge is 2.34. The van der Waals surface area contributed by atoms with Crippen LogP contribution in [-0.2, 0) is 16.6 Å². The number of fused-ring (bicyclic) bond motifs is 3. The number of aliphatic carboxylic acids is 1. The molecule has 1 aliphatic carbocycles. The molecular formula is C28H34N2O3. The van der Waals surface area contributed by atoms with Gasteiger partial charge in [-0.05, 0) is 80.0 Å². The fourth-order valence-corrected chi connectivity index (χ4v) is 5.12. The Hall–Kier alpha value is -3.08. The molecule has 0 spiro atoms. The van der Waals surface area contributed by atoms with Gasteiger partial charge in [-0.25, -0.2) is 0 Å². The number of hydrogen-bond donors (Lipinski definition) is 1. The van der Waals surface area contributed by atoms with Gasteiger partial charge in [0, 0.05) is 35.4 Å². The van der Waals surface area contributed by atoms with Crippen LogP contribution >= 0.6 is 0 Å². The lowest BCUT2D eigenvalue weighted by atomic mass is 9.85. The van der Waals surface area contributed by atoms with Crippen LogP contribution in [0.15, 0.2) is 42.5 Å². The minimum atomic E-state index is -0.815. The number of rotatable bonds is 5. The molecule has 0 amide bonds. The van der Waals surface area contributed by atoms with E-state index in [1.807, 2.05) is 36.4 Å². The van der Waals surface area contributed by atoms with Crippen molar-refractivity contribution < 1.29 is 14.7 Å². The lowest BCUT2D eigenvalue weighted by Gasteiger charge is -2.22. The molecule has 5 nitrogen and oxygen atoms in total. The van der Waals surface area contributed by atoms with E-state index in [1.165, 1.54) is 5.56 Å². The van der Waals surface area contributed by atoms with Crippen LogP contribution in [0.4, 0.5) is 5.69 Å². The maximum absolute atomic E-state index is 13.8. The number of hydrogen-bond acceptors (Lipinski definition) is 3. The van der Waals surface area contributed by atoms with Gasteiger partial charge >= 0.3 is 5.97 Å². The Kier molecular flexibility index (Phi) is 6.08. The largest absolute Gasteiger partial charge is 0.481 e. The molecule has 0 fully saturated rings. The molecule has 0 saturated heterocycles. The first-order valence-electron chi connectivity index (χ1n) is 12.0. The van der Waals surface area contributed by atoms with Crippen LogP contribution in [0.1, 0.15) is 80.6 Å². The molecular weight excluding hydrogens is 412 g/mol. The third-order valence-electron chi connectivity index (χ3n) is 6.97. The Morgan fingerprint density at radius 2 is 1.73 bits per heavy atom. The Labute approximate surface area is 196 Å². The molecule has 4 rings (SSSR count). The average Bonchev–Trinajstić information content (AvgIpc) is 3.12. The standard InChI is InChI=1S/C28H34N2O3/c1-6-29(7-2)20-15-16-23-22(17-20)25-21(27(32)33)9-8-10-24(25)30(23)26(31)18-11-13-19(14-12-18)28(3,4)5/h11-17,21H,6-10H2,1-5H3,(H,32,33). The summed E-state index contributed by atoms with van der Waals surface area (Å²) in [6.45, 7) is 12.4. The molecule has 1 aromatic heterocycles. The number of carboxylic acid groups (broad SMARTS) is 1. The fourth-order valence-electron chi connectivity index (χ4n) is 5.12. The van der Waals surface area contributed by atoms with Gasteiger partial charge < -0.3 is 10.0 Å². The van der Waals surface area contributed by atoms with Crippen molar-refractivity contribution in [2.24, 2.45) is 0 Å². The summed E-state index contributed by atoms with van der Waals surface area (Å²) < 4.78 is 1.78. The summed E-state index contributed by atoms with van der Waals surface area (Å²) in [5.41, 5.74) is 5.33. The second-order valence-electron chi connectivity index (χ2n) is 9.99. The first-order valence-corrected chi connectivity index (χ1v) is 12.0. The summed E-state index contributed by atoms with van der Waals surface area (Å²) in [6, 6.07) is 13.9. The minimum Gasteiger partial charge on any atom is -0.481 e. The molecule has 3 aromatic rings. The molecule has 2 aromatic carbocycles. The van der Waals surface area contributed by atoms with Crippen LogP contribution in [0.2, 0.25) is 0 Å². The topological polar surface area (TPSA) is 62.5 Å². The van der Waals surface area contributed by atoms with E-state index >= 15 is 0 Å². The van der Waals surface area contributed by atoms with E-state index < -0.39 is 11.9 Å². The third kappa shape index (κ3) is 4.05. The summed E-state index contributed by atoms with van der Waals surface area (Å²) in [5, 5.41) is 10.9. The zero-order valence-electron chi connectivity index (χ0n) is 20.3. The quantitative estimate of drug-likeness (QED) is 0.524. The highest BCUT2D eigenvalue weighted by atomic mass is 16.4. The Bertz CT molecular complexity index is 1190. The third-order valence-corrected chi connectivity index (χ3v) is 6.97. The number of nitrogens with zero attached hydrogens (tertiary/aromatic N) is 2. The summed E-state index contributed by atoms with van der Waals surface area (Å²) in [4.78, 5) is 28.2. The van der Waals surface area contributed by atoms with E-state index in [9.17, 15) is 14.7 Å². The first-order chi connectivity index (χ1) is 15.7. The van der Waals surface area contributed by atoms with Gasteiger partial charge in [0.2, 0.25) is 0 Å². The van der Waals surface area contributed by atoms with Crippen LogP contribution < -0.4 is 4.90 Å². The van der Waals surface area contributed by atoms with Gasteiger partial charge in [-0.15, -0.1) is 0 Å². The molecule has 1 N–H and O–H groups in total. The van der Waals surface area contributed by atoms with E-state index in [4.69, 9.17) is 0 Å². The normalized spacial score (nSPS) is 16.0. The molecule has 1 atom stereocenters. The number of benzene rings is 2. The first kappa shape index (κ1) is 23.1. The van der Waals surface area contributed by atoms with Crippen LogP contribution in [0.25, 0.3) is 10.9 Å². The van der Waals surface area contributed by atoms with Gasteiger partial charge in [-0.3, -0.25) is 14.2 Å². The lowest BCUT2D eigenvalue weighted by Crippen LogP contribution is -2.22. The molecule has 0 bridgehead atoms. The van der Waals surface area contributed by atoms with Gasteiger partial charge in [0.1, 0.15) is 0 Å². The molecule has 1 aliphatic rings. The van der Waals surface area contributed by atoms with E-state index in [-0.39, 0.29) is 11.3 Å². The van der Waals surface area contributed by atoms with Crippen molar-refractivity contribution in [1.82, 2.24) is 4.57 Å². The molecule has 0 radical (unpaired) electrons. The Morgan fingerprint density at radius 3 is 2.30 bits per heavy atom. The van der Waals surface area contributed by atoms with Crippen molar-refractivity contribution in [3.05, 3.63) is 64.8 Å². The number of carbonyl (C=O) groups is 2. The second-order valence-corrected chi connectivity index (χ2v) is 9.99. The zero-order valence-corrected chi connectivity index (χ0v) is 20.3. The maximum atomic E-state index is 13.8. The molecule has 5 heteroatoms. The Morgan fingerprint density at radius 1 is 1.06 bits per heavy atom. The van der Waals surface area contributed by atoms with Crippen LogP contribution in [0, 0.1) is 0 Å². The molecule has 33 heavy (non-hydrogen) atoms. The summed E-state index contributed by atoms with van der Waals surface area (Å²) in [5.74, 6) is -1.49. The Balaban J connectivity index is 1.91. The predicted octanol–water partition coefficient (Wildman–Crippen LogP) is 5.98. The van der Waals surface area contributed by atoms with Gasteiger partial charge in [0.05, 0.1) is 11.4 Å². The fraction of sp³-hybridized carbons (Fsp3) is 0.429. The SMILES string of the molecule is CCN(CC)c1ccc2c(c1)c1c(n2C(=O)c2ccc(C(C)(C)C)cc2)CCCC1C(=O)O. The predicted molar refractivity (Wildman–Crippen MR) is 134 cm³/mol. The van der Waals surface area contributed by atoms with Gasteiger partial charge in [-0.1, -0.05) is 32.9 Å². The minimum absolute atomic E-state index is 0.0103. The number of anilines is 1. The molecule has 174 valence electrons. The molecule has 1 heterocycles. The van der Waals surface area contributed by atoms with Crippen LogP contribution in [0.3, 0.4) is 0 Å². The van der Waals surface area contributed by atoms with Crippen LogP contribution in [-0.4, -0.2) is 34.6 Å². The number of carboxylic acids is 1. The van der Waals surface area contributed by atoms with Gasteiger partial charge in [0.25, 0.3) is 5.91 Å². The van der Waals surface area contributed by atoms with E-state index in [0.29, 0.717) is 18.4 Å². The van der Waals surface area contributed by atoms with Gasteiger partial charge in [0.15, 0.2) is 0 Å². The van der Waals surface area contributed by atoms with E-state index in [1.54, 1.807) is 4.57 Å². The summed E-state index contributed by atoms with van der Waals surface area (Å²) >= 11 is 0. The molecule has 1 unspecified atom stereocenters. The van der Waals surface area contributed by atoms with Crippen LogP contribution in [0.5, 0.6) is 0 Å². The number of aromatic nitrogens is 1. The highest BCUT2D eigenvalue weighted by Crippen LogP contribution is 2.41. The van der Waals surface area contributed by atoms with Crippen molar-refractivity contribution in [1.29, 1.82) is 0 Å². The molecule has 0 aliphatic heterocycles. The monoisotopic (exact) mass is 446 g/mol. The van der Waals surface area contributed by atoms with Gasteiger partial charge in [-0.2, -0.15) is 0 Å².